The first-order valence-corrected chi connectivity index (χ1v) is 14.1. The SMILES string of the molecule is C[C@H](C[C@@H]1c2ccccc2Cc2ccc(F)cc2[C@@H]1C)CN1CCOC(CCOS(C)(=O)=O)C1. The summed E-state index contributed by atoms with van der Waals surface area (Å²) in [5, 5.41) is 0. The van der Waals surface area contributed by atoms with Crippen molar-refractivity contribution in [3.63, 3.8) is 0 Å². The Morgan fingerprint density at radius 3 is 2.74 bits per heavy atom. The lowest BCUT2D eigenvalue weighted by Crippen LogP contribution is -2.44. The summed E-state index contributed by atoms with van der Waals surface area (Å²) in [5.74, 6) is 0.848. The Bertz CT molecular complexity index is 1090. The molecule has 0 radical (unpaired) electrons. The molecule has 1 aliphatic heterocycles. The average Bonchev–Trinajstić information content (AvgIpc) is 2.88. The molecule has 5 nitrogen and oxygen atoms in total. The van der Waals surface area contributed by atoms with E-state index in [4.69, 9.17) is 8.92 Å². The van der Waals surface area contributed by atoms with Crippen LogP contribution < -0.4 is 0 Å². The van der Waals surface area contributed by atoms with Crippen LogP contribution in [0.2, 0.25) is 0 Å². The molecule has 0 bridgehead atoms. The van der Waals surface area contributed by atoms with Crippen LogP contribution in [0.4, 0.5) is 4.39 Å². The minimum atomic E-state index is -3.42. The molecule has 0 spiro atoms. The van der Waals surface area contributed by atoms with E-state index in [0.717, 1.165) is 44.3 Å². The molecule has 7 heteroatoms. The predicted molar refractivity (Wildman–Crippen MR) is 132 cm³/mol. The van der Waals surface area contributed by atoms with Crippen molar-refractivity contribution >= 4 is 10.1 Å². The summed E-state index contributed by atoms with van der Waals surface area (Å²) in [5.41, 5.74) is 5.08. The second kappa shape index (κ2) is 10.9. The van der Waals surface area contributed by atoms with Gasteiger partial charge < -0.3 is 4.74 Å². The molecular weight excluding hydrogens is 453 g/mol. The fraction of sp³-hybridized carbons (Fsp3) is 0.556. The van der Waals surface area contributed by atoms with Crippen molar-refractivity contribution in [3.05, 3.63) is 70.5 Å². The van der Waals surface area contributed by atoms with Crippen LogP contribution in [-0.2, 0) is 25.5 Å². The molecule has 1 unspecified atom stereocenters. The van der Waals surface area contributed by atoms with E-state index in [1.807, 2.05) is 6.07 Å². The van der Waals surface area contributed by atoms with Crippen molar-refractivity contribution in [3.8, 4) is 0 Å². The number of halogens is 1. The lowest BCUT2D eigenvalue weighted by molar-refractivity contribution is -0.0404. The van der Waals surface area contributed by atoms with E-state index < -0.39 is 10.1 Å². The van der Waals surface area contributed by atoms with E-state index >= 15 is 0 Å². The van der Waals surface area contributed by atoms with E-state index in [0.29, 0.717) is 24.9 Å². The molecule has 1 aliphatic carbocycles. The molecule has 0 amide bonds. The molecule has 2 aliphatic rings. The van der Waals surface area contributed by atoms with Crippen LogP contribution in [0, 0.1) is 11.7 Å². The van der Waals surface area contributed by atoms with Crippen LogP contribution in [0.1, 0.15) is 60.8 Å². The van der Waals surface area contributed by atoms with Gasteiger partial charge in [-0.05, 0) is 71.4 Å². The molecule has 1 saturated heterocycles. The molecular formula is C27H36FNO4S. The van der Waals surface area contributed by atoms with E-state index in [2.05, 4.69) is 43.0 Å². The Labute approximate surface area is 203 Å². The Kier molecular flexibility index (Phi) is 8.08. The highest BCUT2D eigenvalue weighted by Gasteiger charge is 2.31. The second-order valence-electron chi connectivity index (χ2n) is 10.0. The first kappa shape index (κ1) is 25.3. The van der Waals surface area contributed by atoms with E-state index in [1.165, 1.54) is 16.7 Å². The maximum atomic E-state index is 14.2. The van der Waals surface area contributed by atoms with Crippen molar-refractivity contribution in [2.75, 3.05) is 39.1 Å². The van der Waals surface area contributed by atoms with Crippen molar-refractivity contribution < 1.29 is 21.7 Å². The molecule has 4 atom stereocenters. The van der Waals surface area contributed by atoms with Gasteiger partial charge in [-0.25, -0.2) is 4.39 Å². The third-order valence-corrected chi connectivity index (χ3v) is 7.82. The van der Waals surface area contributed by atoms with Gasteiger partial charge in [0.25, 0.3) is 10.1 Å². The molecule has 1 heterocycles. The lowest BCUT2D eigenvalue weighted by atomic mass is 9.77. The molecule has 0 saturated carbocycles. The van der Waals surface area contributed by atoms with Crippen molar-refractivity contribution in [1.29, 1.82) is 0 Å². The maximum absolute atomic E-state index is 14.2. The third-order valence-electron chi connectivity index (χ3n) is 7.22. The minimum Gasteiger partial charge on any atom is -0.375 e. The monoisotopic (exact) mass is 489 g/mol. The molecule has 0 aromatic heterocycles. The van der Waals surface area contributed by atoms with Crippen molar-refractivity contribution in [1.82, 2.24) is 4.90 Å². The summed E-state index contributed by atoms with van der Waals surface area (Å²) in [6.45, 7) is 7.94. The zero-order valence-corrected chi connectivity index (χ0v) is 21.2. The summed E-state index contributed by atoms with van der Waals surface area (Å²) < 4.78 is 47.3. The normalized spacial score (nSPS) is 24.2. The number of rotatable bonds is 8. The van der Waals surface area contributed by atoms with E-state index in [1.54, 1.807) is 12.1 Å². The van der Waals surface area contributed by atoms with Crippen LogP contribution in [-0.4, -0.2) is 58.5 Å². The summed E-state index contributed by atoms with van der Waals surface area (Å²) >= 11 is 0. The average molecular weight is 490 g/mol. The van der Waals surface area contributed by atoms with Gasteiger partial charge >= 0.3 is 0 Å². The minimum absolute atomic E-state index is 0.0184. The first-order valence-electron chi connectivity index (χ1n) is 12.2. The van der Waals surface area contributed by atoms with Crippen LogP contribution in [0.5, 0.6) is 0 Å². The second-order valence-corrected chi connectivity index (χ2v) is 11.7. The van der Waals surface area contributed by atoms with Crippen molar-refractivity contribution in [2.45, 2.75) is 51.0 Å². The molecule has 0 N–H and O–H groups in total. The smallest absolute Gasteiger partial charge is 0.264 e. The van der Waals surface area contributed by atoms with Crippen molar-refractivity contribution in [2.24, 2.45) is 5.92 Å². The van der Waals surface area contributed by atoms with Gasteiger partial charge in [0.05, 0.1) is 25.6 Å². The summed E-state index contributed by atoms with van der Waals surface area (Å²) in [7, 11) is -3.42. The van der Waals surface area contributed by atoms with Crippen LogP contribution in [0.25, 0.3) is 0 Å². The molecule has 1 fully saturated rings. The zero-order valence-electron chi connectivity index (χ0n) is 20.4. The highest BCUT2D eigenvalue weighted by molar-refractivity contribution is 7.85. The van der Waals surface area contributed by atoms with Gasteiger partial charge in [0.2, 0.25) is 0 Å². The summed E-state index contributed by atoms with van der Waals surface area (Å²) in [4.78, 5) is 2.42. The summed E-state index contributed by atoms with van der Waals surface area (Å²) in [6.07, 6.45) is 3.49. The number of hydrogen-bond acceptors (Lipinski definition) is 5. The fourth-order valence-corrected chi connectivity index (χ4v) is 6.03. The first-order chi connectivity index (χ1) is 16.2. The number of nitrogens with zero attached hydrogens (tertiary/aromatic N) is 1. The lowest BCUT2D eigenvalue weighted by Gasteiger charge is -2.36. The highest BCUT2D eigenvalue weighted by atomic mass is 32.2. The largest absolute Gasteiger partial charge is 0.375 e. The van der Waals surface area contributed by atoms with E-state index in [-0.39, 0.29) is 24.4 Å². The Hall–Kier alpha value is -1.80. The van der Waals surface area contributed by atoms with Gasteiger partial charge in [0.15, 0.2) is 0 Å². The predicted octanol–water partition coefficient (Wildman–Crippen LogP) is 4.71. The van der Waals surface area contributed by atoms with Gasteiger partial charge in [0, 0.05) is 19.6 Å². The Morgan fingerprint density at radius 2 is 1.94 bits per heavy atom. The molecule has 34 heavy (non-hydrogen) atoms. The fourth-order valence-electron chi connectivity index (χ4n) is 5.63. The molecule has 186 valence electrons. The number of ether oxygens (including phenoxy) is 1. The number of hydrogen-bond donors (Lipinski definition) is 0. The molecule has 2 aromatic rings. The topological polar surface area (TPSA) is 55.8 Å². The standard InChI is InChI=1S/C27H36FNO4S/c1-19(17-29-11-13-32-24(18-29)10-12-33-34(3,30)31)14-27-20(2)26-16-23(28)9-8-22(26)15-21-6-4-5-7-25(21)27/h4-9,16,19-20,24,27H,10-15,17-18H2,1-3H3/t19-,20+,24?,27+/m1/s1. The van der Waals surface area contributed by atoms with Crippen LogP contribution >= 0.6 is 0 Å². The van der Waals surface area contributed by atoms with Gasteiger partial charge in [0.1, 0.15) is 5.82 Å². The number of fused-ring (bicyclic) bond motifs is 2. The Balaban J connectivity index is 1.43. The maximum Gasteiger partial charge on any atom is 0.264 e. The highest BCUT2D eigenvalue weighted by Crippen LogP contribution is 2.44. The number of benzene rings is 2. The zero-order chi connectivity index (χ0) is 24.3. The van der Waals surface area contributed by atoms with Gasteiger partial charge in [-0.1, -0.05) is 44.2 Å². The molecule has 4 rings (SSSR count). The molecule has 2 aromatic carbocycles. The number of morpholine rings is 1. The van der Waals surface area contributed by atoms with Gasteiger partial charge in [-0.2, -0.15) is 8.42 Å². The van der Waals surface area contributed by atoms with Crippen LogP contribution in [0.15, 0.2) is 42.5 Å². The third kappa shape index (κ3) is 6.45. The van der Waals surface area contributed by atoms with E-state index in [9.17, 15) is 12.8 Å². The van der Waals surface area contributed by atoms with Gasteiger partial charge in [-0.15, -0.1) is 0 Å². The van der Waals surface area contributed by atoms with Crippen LogP contribution in [0.3, 0.4) is 0 Å². The summed E-state index contributed by atoms with van der Waals surface area (Å²) in [6, 6.07) is 13.9. The Morgan fingerprint density at radius 1 is 1.18 bits per heavy atom. The quantitative estimate of drug-likeness (QED) is 0.503. The van der Waals surface area contributed by atoms with Gasteiger partial charge in [-0.3, -0.25) is 9.08 Å².